The van der Waals surface area contributed by atoms with E-state index in [0.717, 1.165) is 26.8 Å². The first-order valence-corrected chi connectivity index (χ1v) is 9.28. The van der Waals surface area contributed by atoms with Crippen LogP contribution in [0.5, 0.6) is 0 Å². The van der Waals surface area contributed by atoms with Crippen molar-refractivity contribution in [3.8, 4) is 0 Å². The Morgan fingerprint density at radius 2 is 1.88 bits per heavy atom. The zero-order valence-corrected chi connectivity index (χ0v) is 16.3. The molecule has 0 fully saturated rings. The van der Waals surface area contributed by atoms with Crippen LogP contribution in [0, 0.1) is 20.8 Å². The Morgan fingerprint density at radius 1 is 1.15 bits per heavy atom. The van der Waals surface area contributed by atoms with Gasteiger partial charge in [-0.3, -0.25) is 4.79 Å². The minimum Gasteiger partial charge on any atom is -0.451 e. The number of anilines is 1. The van der Waals surface area contributed by atoms with E-state index < -0.39 is 11.9 Å². The second-order valence-electron chi connectivity index (χ2n) is 6.12. The monoisotopic (exact) mass is 387 g/mol. The maximum atomic E-state index is 12.4. The highest BCUT2D eigenvalue weighted by Gasteiger charge is 2.18. The van der Waals surface area contributed by atoms with Crippen LogP contribution in [-0.4, -0.2) is 18.5 Å². The van der Waals surface area contributed by atoms with Crippen molar-refractivity contribution in [2.45, 2.75) is 20.8 Å². The van der Waals surface area contributed by atoms with E-state index in [0.29, 0.717) is 15.6 Å². The third kappa shape index (κ3) is 3.74. The van der Waals surface area contributed by atoms with Gasteiger partial charge in [0.2, 0.25) is 0 Å². The molecule has 0 unspecified atom stereocenters. The smallest absolute Gasteiger partial charge is 0.349 e. The van der Waals surface area contributed by atoms with Gasteiger partial charge in [-0.15, -0.1) is 11.3 Å². The maximum Gasteiger partial charge on any atom is 0.349 e. The van der Waals surface area contributed by atoms with Crippen LogP contribution in [0.1, 0.15) is 26.4 Å². The summed E-state index contributed by atoms with van der Waals surface area (Å²) in [5.41, 5.74) is 3.27. The Balaban J connectivity index is 1.67. The van der Waals surface area contributed by atoms with Gasteiger partial charge in [0.15, 0.2) is 6.61 Å². The van der Waals surface area contributed by atoms with Crippen LogP contribution in [0.3, 0.4) is 0 Å². The lowest BCUT2D eigenvalue weighted by molar-refractivity contribution is -0.119. The van der Waals surface area contributed by atoms with Crippen LogP contribution >= 0.6 is 22.9 Å². The number of nitrogens with one attached hydrogen (secondary N) is 1. The molecule has 0 spiro atoms. The maximum absolute atomic E-state index is 12.4. The predicted molar refractivity (Wildman–Crippen MR) is 106 cm³/mol. The lowest BCUT2D eigenvalue weighted by Gasteiger charge is -2.11. The molecule has 0 saturated heterocycles. The molecule has 0 aliphatic rings. The van der Waals surface area contributed by atoms with Crippen LogP contribution < -0.4 is 5.32 Å². The van der Waals surface area contributed by atoms with Gasteiger partial charge in [-0.25, -0.2) is 4.79 Å². The number of carbonyl (C=O) groups excluding carboxylic acids is 2. The summed E-state index contributed by atoms with van der Waals surface area (Å²) in [7, 11) is 0. The number of halogens is 1. The Labute approximate surface area is 160 Å². The summed E-state index contributed by atoms with van der Waals surface area (Å²) in [6.07, 6.45) is 0. The van der Waals surface area contributed by atoms with Crippen LogP contribution in [0.15, 0.2) is 36.4 Å². The topological polar surface area (TPSA) is 55.4 Å². The zero-order valence-electron chi connectivity index (χ0n) is 14.7. The number of ether oxygens (including phenoxy) is 1. The number of aryl methyl sites for hydroxylation is 3. The molecule has 6 heteroatoms. The Kier molecular flexibility index (Phi) is 5.30. The molecule has 1 amide bonds. The third-order valence-electron chi connectivity index (χ3n) is 4.06. The first-order valence-electron chi connectivity index (χ1n) is 8.08. The fraction of sp³-hybridized carbons (Fsp3) is 0.200. The number of thiophene rings is 1. The molecule has 4 nitrogen and oxygen atoms in total. The predicted octanol–water partition coefficient (Wildman–Crippen LogP) is 5.28. The average Bonchev–Trinajstić information content (AvgIpc) is 2.93. The molecule has 3 rings (SSSR count). The van der Waals surface area contributed by atoms with Gasteiger partial charge in [0.25, 0.3) is 5.91 Å². The van der Waals surface area contributed by atoms with Crippen molar-refractivity contribution < 1.29 is 14.3 Å². The minimum atomic E-state index is -0.495. The normalized spacial score (nSPS) is 10.8. The second-order valence-corrected chi connectivity index (χ2v) is 7.57. The van der Waals surface area contributed by atoms with E-state index in [2.05, 4.69) is 5.32 Å². The molecule has 0 atom stereocenters. The van der Waals surface area contributed by atoms with Crippen LogP contribution in [-0.2, 0) is 9.53 Å². The summed E-state index contributed by atoms with van der Waals surface area (Å²) in [6.45, 7) is 5.31. The van der Waals surface area contributed by atoms with Crippen LogP contribution in [0.25, 0.3) is 10.1 Å². The van der Waals surface area contributed by atoms with E-state index in [9.17, 15) is 9.59 Å². The lowest BCUT2D eigenvalue weighted by Crippen LogP contribution is -2.21. The molecule has 1 heterocycles. The number of esters is 1. The number of hydrogen-bond acceptors (Lipinski definition) is 4. The summed E-state index contributed by atoms with van der Waals surface area (Å²) in [5.74, 6) is -0.920. The van der Waals surface area contributed by atoms with E-state index in [1.165, 1.54) is 11.3 Å². The summed E-state index contributed by atoms with van der Waals surface area (Å²) < 4.78 is 6.21. The Morgan fingerprint density at radius 3 is 2.58 bits per heavy atom. The third-order valence-corrected chi connectivity index (χ3v) is 5.61. The van der Waals surface area contributed by atoms with E-state index in [1.807, 2.05) is 51.1 Å². The molecule has 0 radical (unpaired) electrons. The van der Waals surface area contributed by atoms with Crippen molar-refractivity contribution in [3.63, 3.8) is 0 Å². The summed E-state index contributed by atoms with van der Waals surface area (Å²) in [5, 5.41) is 4.19. The van der Waals surface area contributed by atoms with E-state index in [-0.39, 0.29) is 6.61 Å². The van der Waals surface area contributed by atoms with Crippen molar-refractivity contribution in [1.82, 2.24) is 0 Å². The van der Waals surface area contributed by atoms with Crippen LogP contribution in [0.4, 0.5) is 5.69 Å². The van der Waals surface area contributed by atoms with Crippen molar-refractivity contribution >= 4 is 50.6 Å². The van der Waals surface area contributed by atoms with Crippen molar-refractivity contribution in [3.05, 3.63) is 63.0 Å². The molecule has 1 aromatic heterocycles. The van der Waals surface area contributed by atoms with Crippen LogP contribution in [0.2, 0.25) is 5.02 Å². The molecule has 2 aromatic carbocycles. The van der Waals surface area contributed by atoms with Crippen molar-refractivity contribution in [2.24, 2.45) is 0 Å². The average molecular weight is 388 g/mol. The molecule has 26 heavy (non-hydrogen) atoms. The lowest BCUT2D eigenvalue weighted by atomic mass is 10.1. The fourth-order valence-corrected chi connectivity index (χ4v) is 4.29. The molecule has 134 valence electrons. The molecule has 0 saturated carbocycles. The first-order chi connectivity index (χ1) is 12.4. The molecule has 0 aliphatic carbocycles. The van der Waals surface area contributed by atoms with Gasteiger partial charge in [0.1, 0.15) is 4.88 Å². The number of benzene rings is 2. The van der Waals surface area contributed by atoms with Gasteiger partial charge in [0.05, 0.1) is 10.7 Å². The standard InChI is InChI=1S/C20H18ClNO3S/c1-11-8-12(2)18(15(21)9-11)22-17(23)10-25-20(24)19-13(3)14-6-4-5-7-16(14)26-19/h4-9H,10H2,1-3H3,(H,22,23). The number of fused-ring (bicyclic) bond motifs is 1. The highest BCUT2D eigenvalue weighted by Crippen LogP contribution is 2.31. The molecule has 3 aromatic rings. The summed E-state index contributed by atoms with van der Waals surface area (Å²) in [4.78, 5) is 25.0. The summed E-state index contributed by atoms with van der Waals surface area (Å²) in [6, 6.07) is 11.5. The van der Waals surface area contributed by atoms with Gasteiger partial charge in [-0.05, 0) is 55.0 Å². The van der Waals surface area contributed by atoms with Gasteiger partial charge >= 0.3 is 5.97 Å². The van der Waals surface area contributed by atoms with Gasteiger partial charge in [0, 0.05) is 4.70 Å². The van der Waals surface area contributed by atoms with Gasteiger partial charge < -0.3 is 10.1 Å². The van der Waals surface area contributed by atoms with E-state index in [4.69, 9.17) is 16.3 Å². The zero-order chi connectivity index (χ0) is 18.8. The number of hydrogen-bond donors (Lipinski definition) is 1. The van der Waals surface area contributed by atoms with E-state index >= 15 is 0 Å². The number of rotatable bonds is 4. The minimum absolute atomic E-state index is 0.365. The number of amides is 1. The quantitative estimate of drug-likeness (QED) is 0.620. The molecule has 0 aliphatic heterocycles. The van der Waals surface area contributed by atoms with Crippen molar-refractivity contribution in [2.75, 3.05) is 11.9 Å². The van der Waals surface area contributed by atoms with E-state index in [1.54, 1.807) is 6.07 Å². The van der Waals surface area contributed by atoms with Gasteiger partial charge in [-0.2, -0.15) is 0 Å². The Hall–Kier alpha value is -2.37. The second kappa shape index (κ2) is 7.48. The summed E-state index contributed by atoms with van der Waals surface area (Å²) >= 11 is 7.55. The highest BCUT2D eigenvalue weighted by molar-refractivity contribution is 7.21. The van der Waals surface area contributed by atoms with Gasteiger partial charge in [-0.1, -0.05) is 35.9 Å². The SMILES string of the molecule is Cc1cc(C)c(NC(=O)COC(=O)c2sc3ccccc3c2C)c(Cl)c1. The molecular formula is C20H18ClNO3S. The largest absolute Gasteiger partial charge is 0.451 e. The highest BCUT2D eigenvalue weighted by atomic mass is 35.5. The fourth-order valence-electron chi connectivity index (χ4n) is 2.82. The molecular weight excluding hydrogens is 370 g/mol. The number of carbonyl (C=O) groups is 2. The Bertz CT molecular complexity index is 986. The molecule has 0 bridgehead atoms. The first kappa shape index (κ1) is 18.4. The van der Waals surface area contributed by atoms with Crippen molar-refractivity contribution in [1.29, 1.82) is 0 Å². The molecule has 1 N–H and O–H groups in total.